The first-order valence-electron chi connectivity index (χ1n) is 7.33. The molecule has 1 aromatic heterocycles. The summed E-state index contributed by atoms with van der Waals surface area (Å²) >= 11 is 0. The highest BCUT2D eigenvalue weighted by molar-refractivity contribution is 5.75. The van der Waals surface area contributed by atoms with E-state index < -0.39 is 0 Å². The van der Waals surface area contributed by atoms with Crippen LogP contribution in [0.3, 0.4) is 0 Å². The van der Waals surface area contributed by atoms with E-state index in [1.807, 2.05) is 48.5 Å². The zero-order valence-electron chi connectivity index (χ0n) is 11.8. The summed E-state index contributed by atoms with van der Waals surface area (Å²) in [7, 11) is 0. The van der Waals surface area contributed by atoms with Crippen molar-refractivity contribution >= 4 is 6.03 Å². The van der Waals surface area contributed by atoms with Gasteiger partial charge in [-0.1, -0.05) is 36.4 Å². The van der Waals surface area contributed by atoms with Crippen molar-refractivity contribution in [2.75, 3.05) is 6.54 Å². The van der Waals surface area contributed by atoms with Gasteiger partial charge in [0.15, 0.2) is 0 Å². The monoisotopic (exact) mass is 281 g/mol. The van der Waals surface area contributed by atoms with Gasteiger partial charge in [-0.15, -0.1) is 0 Å². The molecular formula is C17H19N3O. The van der Waals surface area contributed by atoms with Gasteiger partial charge < -0.3 is 10.6 Å². The maximum atomic E-state index is 12.1. The Labute approximate surface area is 124 Å². The lowest BCUT2D eigenvalue weighted by Gasteiger charge is -2.19. The molecule has 0 spiro atoms. The Hall–Kier alpha value is -2.36. The molecule has 1 heterocycles. The highest BCUT2D eigenvalue weighted by Gasteiger charge is 2.23. The van der Waals surface area contributed by atoms with E-state index in [-0.39, 0.29) is 12.1 Å². The summed E-state index contributed by atoms with van der Waals surface area (Å²) in [5.74, 6) is 0.667. The molecule has 1 unspecified atom stereocenters. The number of aromatic nitrogens is 1. The van der Waals surface area contributed by atoms with Crippen LogP contribution in [0.1, 0.15) is 30.1 Å². The van der Waals surface area contributed by atoms with E-state index in [9.17, 15) is 4.79 Å². The number of urea groups is 1. The van der Waals surface area contributed by atoms with Crippen LogP contribution < -0.4 is 10.6 Å². The standard InChI is InChI=1S/C17H19N3O/c21-17(19-12-13-9-10-13)20-16(14-6-2-1-3-7-14)15-8-4-5-11-18-15/h1-8,11,13,16H,9-10,12H2,(H2,19,20,21). The second kappa shape index (κ2) is 6.39. The fraction of sp³-hybridized carbons (Fsp3) is 0.294. The smallest absolute Gasteiger partial charge is 0.315 e. The normalized spacial score (nSPS) is 15.2. The maximum absolute atomic E-state index is 12.1. The molecule has 1 aromatic carbocycles. The molecule has 108 valence electrons. The van der Waals surface area contributed by atoms with Gasteiger partial charge in [0.25, 0.3) is 0 Å². The zero-order valence-corrected chi connectivity index (χ0v) is 11.8. The second-order valence-electron chi connectivity index (χ2n) is 5.40. The molecule has 2 aromatic rings. The lowest BCUT2D eigenvalue weighted by Crippen LogP contribution is -2.39. The zero-order chi connectivity index (χ0) is 14.5. The number of hydrogen-bond donors (Lipinski definition) is 2. The van der Waals surface area contributed by atoms with E-state index in [0.717, 1.165) is 17.8 Å². The molecule has 1 saturated carbocycles. The third-order valence-electron chi connectivity index (χ3n) is 3.64. The Morgan fingerprint density at radius 1 is 1.14 bits per heavy atom. The van der Waals surface area contributed by atoms with Gasteiger partial charge in [0.1, 0.15) is 0 Å². The molecular weight excluding hydrogens is 262 g/mol. The molecule has 2 amide bonds. The minimum Gasteiger partial charge on any atom is -0.338 e. The molecule has 1 atom stereocenters. The number of pyridine rings is 1. The van der Waals surface area contributed by atoms with Crippen molar-refractivity contribution in [3.05, 3.63) is 66.0 Å². The van der Waals surface area contributed by atoms with Gasteiger partial charge in [0, 0.05) is 12.7 Å². The van der Waals surface area contributed by atoms with Gasteiger partial charge >= 0.3 is 6.03 Å². The average molecular weight is 281 g/mol. The third kappa shape index (κ3) is 3.81. The predicted molar refractivity (Wildman–Crippen MR) is 81.8 cm³/mol. The van der Waals surface area contributed by atoms with Crippen LogP contribution in [0.25, 0.3) is 0 Å². The lowest BCUT2D eigenvalue weighted by molar-refractivity contribution is 0.238. The first-order chi connectivity index (χ1) is 10.3. The van der Waals surface area contributed by atoms with Crippen LogP contribution in [0.2, 0.25) is 0 Å². The summed E-state index contributed by atoms with van der Waals surface area (Å²) in [6, 6.07) is 15.3. The van der Waals surface area contributed by atoms with Crippen LogP contribution in [-0.2, 0) is 0 Å². The van der Waals surface area contributed by atoms with Crippen LogP contribution in [0, 0.1) is 5.92 Å². The van der Waals surface area contributed by atoms with Crippen molar-refractivity contribution in [2.45, 2.75) is 18.9 Å². The Bertz CT molecular complexity index is 542. The molecule has 21 heavy (non-hydrogen) atoms. The van der Waals surface area contributed by atoms with Crippen molar-refractivity contribution in [3.63, 3.8) is 0 Å². The van der Waals surface area contributed by atoms with Crippen LogP contribution in [-0.4, -0.2) is 17.6 Å². The van der Waals surface area contributed by atoms with Gasteiger partial charge in [0.2, 0.25) is 0 Å². The van der Waals surface area contributed by atoms with Gasteiger partial charge in [-0.3, -0.25) is 4.98 Å². The molecule has 1 fully saturated rings. The van der Waals surface area contributed by atoms with Crippen LogP contribution in [0.5, 0.6) is 0 Å². The van der Waals surface area contributed by atoms with Crippen LogP contribution >= 0.6 is 0 Å². The molecule has 2 N–H and O–H groups in total. The number of rotatable bonds is 5. The Morgan fingerprint density at radius 3 is 2.57 bits per heavy atom. The van der Waals surface area contributed by atoms with Gasteiger partial charge in [-0.2, -0.15) is 0 Å². The summed E-state index contributed by atoms with van der Waals surface area (Å²) in [6.45, 7) is 0.759. The molecule has 4 heteroatoms. The first kappa shape index (κ1) is 13.6. The molecule has 0 saturated heterocycles. The Kier molecular flexibility index (Phi) is 4.15. The molecule has 4 nitrogen and oxygen atoms in total. The van der Waals surface area contributed by atoms with E-state index in [0.29, 0.717) is 5.92 Å². The maximum Gasteiger partial charge on any atom is 0.315 e. The fourth-order valence-corrected chi connectivity index (χ4v) is 2.26. The van der Waals surface area contributed by atoms with E-state index in [1.165, 1.54) is 12.8 Å². The summed E-state index contributed by atoms with van der Waals surface area (Å²) in [5.41, 5.74) is 1.86. The van der Waals surface area contributed by atoms with Gasteiger partial charge in [-0.25, -0.2) is 4.79 Å². The molecule has 1 aliphatic carbocycles. The summed E-state index contributed by atoms with van der Waals surface area (Å²) in [6.07, 6.45) is 4.19. The third-order valence-corrected chi connectivity index (χ3v) is 3.64. The topological polar surface area (TPSA) is 54.0 Å². The minimum absolute atomic E-state index is 0.138. The largest absolute Gasteiger partial charge is 0.338 e. The highest BCUT2D eigenvalue weighted by atomic mass is 16.2. The predicted octanol–water partition coefficient (Wildman–Crippen LogP) is 2.88. The number of benzene rings is 1. The number of carbonyl (C=O) groups excluding carboxylic acids is 1. The number of nitrogens with one attached hydrogen (secondary N) is 2. The average Bonchev–Trinajstić information content (AvgIpc) is 3.37. The molecule has 3 rings (SSSR count). The van der Waals surface area contributed by atoms with Crippen molar-refractivity contribution in [1.82, 2.24) is 15.6 Å². The van der Waals surface area contributed by atoms with Gasteiger partial charge in [-0.05, 0) is 36.5 Å². The Morgan fingerprint density at radius 2 is 1.90 bits per heavy atom. The minimum atomic E-state index is -0.230. The molecule has 0 radical (unpaired) electrons. The van der Waals surface area contributed by atoms with Crippen molar-refractivity contribution in [2.24, 2.45) is 5.92 Å². The van der Waals surface area contributed by atoms with E-state index >= 15 is 0 Å². The highest BCUT2D eigenvalue weighted by Crippen LogP contribution is 2.27. The van der Waals surface area contributed by atoms with Crippen molar-refractivity contribution in [3.8, 4) is 0 Å². The van der Waals surface area contributed by atoms with Crippen molar-refractivity contribution in [1.29, 1.82) is 0 Å². The second-order valence-corrected chi connectivity index (χ2v) is 5.40. The Balaban J connectivity index is 1.74. The number of nitrogens with zero attached hydrogens (tertiary/aromatic N) is 1. The van der Waals surface area contributed by atoms with E-state index in [1.54, 1.807) is 6.20 Å². The van der Waals surface area contributed by atoms with Crippen LogP contribution in [0.15, 0.2) is 54.7 Å². The van der Waals surface area contributed by atoms with E-state index in [2.05, 4.69) is 15.6 Å². The summed E-state index contributed by atoms with van der Waals surface area (Å²) < 4.78 is 0. The van der Waals surface area contributed by atoms with E-state index in [4.69, 9.17) is 0 Å². The summed E-state index contributed by atoms with van der Waals surface area (Å²) in [5, 5.41) is 5.96. The lowest BCUT2D eigenvalue weighted by atomic mass is 10.0. The van der Waals surface area contributed by atoms with Crippen molar-refractivity contribution < 1.29 is 4.79 Å². The first-order valence-corrected chi connectivity index (χ1v) is 7.33. The molecule has 1 aliphatic rings. The summed E-state index contributed by atoms with van der Waals surface area (Å²) in [4.78, 5) is 16.5. The molecule has 0 bridgehead atoms. The van der Waals surface area contributed by atoms with Gasteiger partial charge in [0.05, 0.1) is 11.7 Å². The number of hydrogen-bond acceptors (Lipinski definition) is 2. The quantitative estimate of drug-likeness (QED) is 0.885. The number of carbonyl (C=O) groups is 1. The fourth-order valence-electron chi connectivity index (χ4n) is 2.26. The number of amides is 2. The SMILES string of the molecule is O=C(NCC1CC1)NC(c1ccccc1)c1ccccn1. The molecule has 0 aliphatic heterocycles. The van der Waals surface area contributed by atoms with Crippen LogP contribution in [0.4, 0.5) is 4.79 Å².